The highest BCUT2D eigenvalue weighted by Crippen LogP contribution is 2.20. The van der Waals surface area contributed by atoms with Crippen molar-refractivity contribution < 1.29 is 9.59 Å². The highest BCUT2D eigenvalue weighted by atomic mass is 35.5. The lowest BCUT2D eigenvalue weighted by Crippen LogP contribution is -2.59. The quantitative estimate of drug-likeness (QED) is 0.815. The highest BCUT2D eigenvalue weighted by molar-refractivity contribution is 6.00. The molecule has 6 heteroatoms. The number of benzene rings is 1. The third-order valence-corrected chi connectivity index (χ3v) is 3.64. The maximum absolute atomic E-state index is 12.7. The van der Waals surface area contributed by atoms with Crippen molar-refractivity contribution in [2.24, 2.45) is 5.92 Å². The Kier molecular flexibility index (Phi) is 5.61. The van der Waals surface area contributed by atoms with E-state index < -0.39 is 6.04 Å². The molecule has 5 nitrogen and oxygen atoms in total. The van der Waals surface area contributed by atoms with E-state index in [0.717, 1.165) is 5.56 Å². The average Bonchev–Trinajstić information content (AvgIpc) is 2.40. The van der Waals surface area contributed by atoms with Gasteiger partial charge in [-0.2, -0.15) is 0 Å². The predicted molar refractivity (Wildman–Crippen MR) is 85.5 cm³/mol. The van der Waals surface area contributed by atoms with Crippen molar-refractivity contribution >= 4 is 29.9 Å². The van der Waals surface area contributed by atoms with Gasteiger partial charge in [-0.05, 0) is 30.5 Å². The zero-order valence-corrected chi connectivity index (χ0v) is 13.4. The maximum atomic E-state index is 12.7. The van der Waals surface area contributed by atoms with Crippen LogP contribution in [0.3, 0.4) is 0 Å². The van der Waals surface area contributed by atoms with E-state index in [4.69, 9.17) is 5.73 Å². The summed E-state index contributed by atoms with van der Waals surface area (Å²) in [5.41, 5.74) is 7.77. The fraction of sp³-hybridized carbons (Fsp3) is 0.467. The van der Waals surface area contributed by atoms with Gasteiger partial charge in [-0.25, -0.2) is 0 Å². The summed E-state index contributed by atoms with van der Waals surface area (Å²) < 4.78 is 0. The molecular weight excluding hydrogens is 290 g/mol. The summed E-state index contributed by atoms with van der Waals surface area (Å²) in [6.07, 6.45) is 0. The van der Waals surface area contributed by atoms with E-state index in [1.165, 1.54) is 0 Å². The van der Waals surface area contributed by atoms with E-state index in [9.17, 15) is 9.59 Å². The molecule has 21 heavy (non-hydrogen) atoms. The molecule has 1 aromatic carbocycles. The van der Waals surface area contributed by atoms with Gasteiger partial charge < -0.3 is 16.0 Å². The smallest absolute Gasteiger partial charge is 0.254 e. The molecule has 1 saturated heterocycles. The molecule has 0 bridgehead atoms. The molecule has 0 spiro atoms. The molecule has 1 fully saturated rings. The van der Waals surface area contributed by atoms with Crippen LogP contribution in [0.1, 0.15) is 29.8 Å². The van der Waals surface area contributed by atoms with Crippen LogP contribution in [-0.2, 0) is 4.79 Å². The van der Waals surface area contributed by atoms with Gasteiger partial charge in [0, 0.05) is 24.3 Å². The molecule has 1 aliphatic rings. The standard InChI is InChI=1S/C15H21N3O2.ClH/c1-9(2)13-14(19)17-6-7-18(13)15(20)12-8-11(16)5-4-10(12)3;/h4-5,8-9,13H,6-7,16H2,1-3H3,(H,17,19);1H. The Morgan fingerprint density at radius 3 is 2.71 bits per heavy atom. The van der Waals surface area contributed by atoms with Crippen molar-refractivity contribution in [3.05, 3.63) is 29.3 Å². The minimum atomic E-state index is -0.419. The molecule has 1 aromatic rings. The minimum Gasteiger partial charge on any atom is -0.399 e. The number of carbonyl (C=O) groups is 2. The van der Waals surface area contributed by atoms with Gasteiger partial charge in [0.25, 0.3) is 5.91 Å². The first-order chi connectivity index (χ1) is 9.41. The largest absolute Gasteiger partial charge is 0.399 e. The number of nitrogens with two attached hydrogens (primary N) is 1. The van der Waals surface area contributed by atoms with E-state index in [1.807, 2.05) is 26.8 Å². The molecule has 0 radical (unpaired) electrons. The van der Waals surface area contributed by atoms with Crippen LogP contribution in [0.25, 0.3) is 0 Å². The lowest BCUT2D eigenvalue weighted by atomic mass is 9.97. The number of carbonyl (C=O) groups excluding carboxylic acids is 2. The SMILES string of the molecule is Cc1ccc(N)cc1C(=O)N1CCNC(=O)C1C(C)C.Cl. The third kappa shape index (κ3) is 3.47. The second-order valence-electron chi connectivity index (χ2n) is 5.55. The van der Waals surface area contributed by atoms with Gasteiger partial charge in [0.05, 0.1) is 0 Å². The van der Waals surface area contributed by atoms with Crippen LogP contribution in [0.5, 0.6) is 0 Å². The van der Waals surface area contributed by atoms with Gasteiger partial charge in [-0.3, -0.25) is 9.59 Å². The molecule has 1 atom stereocenters. The second kappa shape index (κ2) is 6.80. The lowest BCUT2D eigenvalue weighted by molar-refractivity contribution is -0.129. The van der Waals surface area contributed by atoms with Crippen LogP contribution < -0.4 is 11.1 Å². The van der Waals surface area contributed by atoms with Crippen LogP contribution in [0, 0.1) is 12.8 Å². The summed E-state index contributed by atoms with van der Waals surface area (Å²) in [6.45, 7) is 6.79. The van der Waals surface area contributed by atoms with Crippen molar-refractivity contribution in [3.8, 4) is 0 Å². The van der Waals surface area contributed by atoms with E-state index in [0.29, 0.717) is 24.3 Å². The van der Waals surface area contributed by atoms with Gasteiger partial charge in [-0.15, -0.1) is 12.4 Å². The molecule has 0 aliphatic carbocycles. The first kappa shape index (κ1) is 17.3. The molecule has 2 rings (SSSR count). The van der Waals surface area contributed by atoms with E-state index in [1.54, 1.807) is 17.0 Å². The zero-order chi connectivity index (χ0) is 14.9. The molecule has 116 valence electrons. The number of nitrogen functional groups attached to an aromatic ring is 1. The van der Waals surface area contributed by atoms with E-state index >= 15 is 0 Å². The van der Waals surface area contributed by atoms with Crippen LogP contribution in [0.4, 0.5) is 5.69 Å². The third-order valence-electron chi connectivity index (χ3n) is 3.64. The zero-order valence-electron chi connectivity index (χ0n) is 12.6. The monoisotopic (exact) mass is 311 g/mol. The second-order valence-corrected chi connectivity index (χ2v) is 5.55. The van der Waals surface area contributed by atoms with Gasteiger partial charge >= 0.3 is 0 Å². The molecule has 1 aliphatic heterocycles. The first-order valence-electron chi connectivity index (χ1n) is 6.86. The Morgan fingerprint density at radius 1 is 1.43 bits per heavy atom. The van der Waals surface area contributed by atoms with Crippen molar-refractivity contribution in [2.45, 2.75) is 26.8 Å². The van der Waals surface area contributed by atoms with Gasteiger partial charge in [-0.1, -0.05) is 19.9 Å². The number of aryl methyl sites for hydroxylation is 1. The van der Waals surface area contributed by atoms with Crippen LogP contribution in [0.2, 0.25) is 0 Å². The van der Waals surface area contributed by atoms with Crippen molar-refractivity contribution in [1.29, 1.82) is 0 Å². The maximum Gasteiger partial charge on any atom is 0.254 e. The summed E-state index contributed by atoms with van der Waals surface area (Å²) in [5.74, 6) is -0.134. The fourth-order valence-corrected chi connectivity index (χ4v) is 2.60. The van der Waals surface area contributed by atoms with Gasteiger partial charge in [0.2, 0.25) is 5.91 Å². The van der Waals surface area contributed by atoms with Crippen molar-refractivity contribution in [1.82, 2.24) is 10.2 Å². The average molecular weight is 312 g/mol. The lowest BCUT2D eigenvalue weighted by Gasteiger charge is -2.37. The predicted octanol–water partition coefficient (Wildman–Crippen LogP) is 1.60. The van der Waals surface area contributed by atoms with Crippen molar-refractivity contribution in [3.63, 3.8) is 0 Å². The summed E-state index contributed by atoms with van der Waals surface area (Å²) >= 11 is 0. The molecule has 2 amide bonds. The molecule has 1 unspecified atom stereocenters. The molecule has 1 heterocycles. The van der Waals surface area contributed by atoms with Gasteiger partial charge in [0.1, 0.15) is 6.04 Å². The first-order valence-corrected chi connectivity index (χ1v) is 6.86. The minimum absolute atomic E-state index is 0. The number of nitrogens with zero attached hydrogens (tertiary/aromatic N) is 1. The van der Waals surface area contributed by atoms with Crippen molar-refractivity contribution in [2.75, 3.05) is 18.8 Å². The fourth-order valence-electron chi connectivity index (χ4n) is 2.60. The number of rotatable bonds is 2. The Labute approximate surface area is 131 Å². The Morgan fingerprint density at radius 2 is 2.10 bits per heavy atom. The Hall–Kier alpha value is -1.75. The summed E-state index contributed by atoms with van der Waals surface area (Å²) in [7, 11) is 0. The van der Waals surface area contributed by atoms with Crippen LogP contribution in [0.15, 0.2) is 18.2 Å². The highest BCUT2D eigenvalue weighted by Gasteiger charge is 2.35. The number of hydrogen-bond donors (Lipinski definition) is 2. The topological polar surface area (TPSA) is 75.4 Å². The van der Waals surface area contributed by atoms with E-state index in [2.05, 4.69) is 5.32 Å². The number of anilines is 1. The van der Waals surface area contributed by atoms with Crippen LogP contribution in [-0.4, -0.2) is 35.8 Å². The number of amides is 2. The molecular formula is C15H22ClN3O2. The Balaban J connectivity index is 0.00000220. The molecule has 0 saturated carbocycles. The summed E-state index contributed by atoms with van der Waals surface area (Å²) in [4.78, 5) is 26.4. The Bertz CT molecular complexity index is 546. The number of nitrogens with one attached hydrogen (secondary N) is 1. The number of hydrogen-bond acceptors (Lipinski definition) is 3. The van der Waals surface area contributed by atoms with Crippen LogP contribution >= 0.6 is 12.4 Å². The normalized spacial score (nSPS) is 18.2. The number of halogens is 1. The molecule has 3 N–H and O–H groups in total. The molecule has 0 aromatic heterocycles. The number of piperazine rings is 1. The van der Waals surface area contributed by atoms with Gasteiger partial charge in [0.15, 0.2) is 0 Å². The summed E-state index contributed by atoms with van der Waals surface area (Å²) in [6, 6.07) is 4.87. The summed E-state index contributed by atoms with van der Waals surface area (Å²) in [5, 5.41) is 2.82. The van der Waals surface area contributed by atoms with E-state index in [-0.39, 0.29) is 30.1 Å².